The second-order valence-corrected chi connectivity index (χ2v) is 7.15. The first-order chi connectivity index (χ1) is 12.9. The molecule has 138 valence electrons. The van der Waals surface area contributed by atoms with Gasteiger partial charge in [-0.05, 0) is 63.0 Å². The largest absolute Gasteiger partial charge is 0.382 e. The quantitative estimate of drug-likeness (QED) is 0.613. The lowest BCUT2D eigenvalue weighted by Gasteiger charge is -2.18. The van der Waals surface area contributed by atoms with Gasteiger partial charge in [-0.15, -0.1) is 0 Å². The number of rotatable bonds is 7. The highest BCUT2D eigenvalue weighted by atomic mass is 15.0. The van der Waals surface area contributed by atoms with E-state index in [0.29, 0.717) is 12.1 Å². The lowest BCUT2D eigenvalue weighted by atomic mass is 10.1. The average Bonchev–Trinajstić information content (AvgIpc) is 3.39. The minimum Gasteiger partial charge on any atom is -0.382 e. The Labute approximate surface area is 155 Å². The highest BCUT2D eigenvalue weighted by Gasteiger charge is 2.18. The van der Waals surface area contributed by atoms with Crippen molar-refractivity contribution >= 4 is 11.4 Å². The zero-order valence-electron chi connectivity index (χ0n) is 15.2. The summed E-state index contributed by atoms with van der Waals surface area (Å²) in [6.45, 7) is 4.08. The van der Waals surface area contributed by atoms with Gasteiger partial charge in [-0.2, -0.15) is 0 Å². The predicted molar refractivity (Wildman–Crippen MR) is 106 cm³/mol. The van der Waals surface area contributed by atoms with Crippen LogP contribution in [0.25, 0.3) is 11.4 Å². The molecule has 4 rings (SSSR count). The number of hydrogen-bond acceptors (Lipinski definition) is 6. The molecule has 0 spiro atoms. The molecule has 6 heteroatoms. The Morgan fingerprint density at radius 2 is 1.31 bits per heavy atom. The molecule has 6 nitrogen and oxygen atoms in total. The Morgan fingerprint density at radius 1 is 0.808 bits per heavy atom. The van der Waals surface area contributed by atoms with E-state index in [2.05, 4.69) is 43.4 Å². The van der Waals surface area contributed by atoms with Gasteiger partial charge in [0.15, 0.2) is 0 Å². The number of hydrogen-bond donors (Lipinski definition) is 4. The van der Waals surface area contributed by atoms with Gasteiger partial charge in [0.1, 0.15) is 11.4 Å². The van der Waals surface area contributed by atoms with Gasteiger partial charge in [-0.3, -0.25) is 9.97 Å². The van der Waals surface area contributed by atoms with Crippen LogP contribution in [0, 0.1) is 0 Å². The molecule has 2 aliphatic heterocycles. The van der Waals surface area contributed by atoms with Gasteiger partial charge in [0.2, 0.25) is 0 Å². The first kappa shape index (κ1) is 17.2. The van der Waals surface area contributed by atoms with Gasteiger partial charge in [-0.25, -0.2) is 0 Å². The lowest BCUT2D eigenvalue weighted by molar-refractivity contribution is 0.633. The molecule has 2 atom stereocenters. The van der Waals surface area contributed by atoms with Crippen molar-refractivity contribution in [3.05, 3.63) is 36.7 Å². The van der Waals surface area contributed by atoms with Gasteiger partial charge in [0.25, 0.3) is 0 Å². The van der Waals surface area contributed by atoms with Crippen molar-refractivity contribution in [2.24, 2.45) is 0 Å². The van der Waals surface area contributed by atoms with E-state index in [1.54, 1.807) is 0 Å². The van der Waals surface area contributed by atoms with Gasteiger partial charge < -0.3 is 21.3 Å². The van der Waals surface area contributed by atoms with Crippen LogP contribution in [0.2, 0.25) is 0 Å². The summed E-state index contributed by atoms with van der Waals surface area (Å²) < 4.78 is 0. The Morgan fingerprint density at radius 3 is 1.73 bits per heavy atom. The van der Waals surface area contributed by atoms with E-state index >= 15 is 0 Å². The van der Waals surface area contributed by atoms with Crippen molar-refractivity contribution in [1.82, 2.24) is 20.6 Å². The normalized spacial score (nSPS) is 22.5. The molecule has 0 aliphatic carbocycles. The summed E-state index contributed by atoms with van der Waals surface area (Å²) in [6, 6.07) is 9.22. The molecule has 2 aromatic heterocycles. The zero-order chi connectivity index (χ0) is 17.6. The summed E-state index contributed by atoms with van der Waals surface area (Å²) in [5.41, 5.74) is 3.91. The van der Waals surface area contributed by atoms with Crippen molar-refractivity contribution in [3.63, 3.8) is 0 Å². The lowest BCUT2D eigenvalue weighted by Crippen LogP contribution is -2.30. The molecule has 0 aromatic carbocycles. The highest BCUT2D eigenvalue weighted by Crippen LogP contribution is 2.30. The molecule has 0 unspecified atom stereocenters. The number of nitrogens with one attached hydrogen (secondary N) is 4. The van der Waals surface area contributed by atoms with Crippen LogP contribution >= 0.6 is 0 Å². The fourth-order valence-electron chi connectivity index (χ4n) is 3.80. The number of pyridine rings is 2. The SMILES string of the molecule is c1cnc(-c2ncccc2NC[C@@H]2CCCN2)c(NC[C@@H]2CCCN2)c1. The maximum absolute atomic E-state index is 4.63. The monoisotopic (exact) mass is 352 g/mol. The van der Waals surface area contributed by atoms with Gasteiger partial charge in [0, 0.05) is 37.6 Å². The standard InChI is InChI=1S/C20H28N6/c1-5-15(21-9-1)13-25-17-7-3-11-23-19(17)20-18(8-4-12-24-20)26-14-16-6-2-10-22-16/h3-4,7-8,11-12,15-16,21-22,25-26H,1-2,5-6,9-10,13-14H2/t15-,16-/m0/s1. The molecule has 0 saturated carbocycles. The van der Waals surface area contributed by atoms with Crippen LogP contribution in [-0.2, 0) is 0 Å². The van der Waals surface area contributed by atoms with Gasteiger partial charge in [-0.1, -0.05) is 0 Å². The van der Waals surface area contributed by atoms with Crippen LogP contribution in [0.5, 0.6) is 0 Å². The summed E-state index contributed by atoms with van der Waals surface area (Å²) >= 11 is 0. The first-order valence-corrected chi connectivity index (χ1v) is 9.75. The Kier molecular flexibility index (Phi) is 5.62. The fourth-order valence-corrected chi connectivity index (χ4v) is 3.80. The molecule has 0 bridgehead atoms. The van der Waals surface area contributed by atoms with E-state index in [0.717, 1.165) is 48.9 Å². The summed E-state index contributed by atoms with van der Waals surface area (Å²) in [6.07, 6.45) is 8.66. The molecule has 0 amide bonds. The molecule has 2 fully saturated rings. The number of nitrogens with zero attached hydrogens (tertiary/aromatic N) is 2. The maximum Gasteiger partial charge on any atom is 0.114 e. The van der Waals surface area contributed by atoms with Gasteiger partial charge >= 0.3 is 0 Å². The predicted octanol–water partition coefficient (Wildman–Crippen LogP) is 2.47. The van der Waals surface area contributed by atoms with Crippen LogP contribution < -0.4 is 21.3 Å². The maximum atomic E-state index is 4.63. The molecule has 2 saturated heterocycles. The third-order valence-electron chi connectivity index (χ3n) is 5.24. The van der Waals surface area contributed by atoms with E-state index in [1.165, 1.54) is 25.7 Å². The van der Waals surface area contributed by atoms with Crippen molar-refractivity contribution in [1.29, 1.82) is 0 Å². The van der Waals surface area contributed by atoms with Gasteiger partial charge in [0.05, 0.1) is 11.4 Å². The number of aromatic nitrogens is 2. The molecular weight excluding hydrogens is 324 g/mol. The molecule has 2 aliphatic rings. The first-order valence-electron chi connectivity index (χ1n) is 9.75. The van der Waals surface area contributed by atoms with Crippen molar-refractivity contribution in [2.45, 2.75) is 37.8 Å². The second kappa shape index (κ2) is 8.47. The van der Waals surface area contributed by atoms with E-state index in [-0.39, 0.29) is 0 Å². The Balaban J connectivity index is 1.51. The van der Waals surface area contributed by atoms with Crippen LogP contribution in [0.3, 0.4) is 0 Å². The van der Waals surface area contributed by atoms with Crippen LogP contribution in [0.15, 0.2) is 36.7 Å². The Hall–Kier alpha value is -2.18. The molecular formula is C20H28N6. The second-order valence-electron chi connectivity index (χ2n) is 7.15. The van der Waals surface area contributed by atoms with E-state index in [4.69, 9.17) is 0 Å². The van der Waals surface area contributed by atoms with Crippen LogP contribution in [0.1, 0.15) is 25.7 Å². The Bertz CT molecular complexity index is 645. The highest BCUT2D eigenvalue weighted by molar-refractivity contribution is 5.80. The minimum absolute atomic E-state index is 0.540. The van der Waals surface area contributed by atoms with E-state index in [1.807, 2.05) is 24.5 Å². The van der Waals surface area contributed by atoms with Crippen molar-refractivity contribution in [3.8, 4) is 11.4 Å². The molecule has 2 aromatic rings. The van der Waals surface area contributed by atoms with Crippen LogP contribution in [0.4, 0.5) is 11.4 Å². The molecule has 0 radical (unpaired) electrons. The molecule has 26 heavy (non-hydrogen) atoms. The third-order valence-corrected chi connectivity index (χ3v) is 5.24. The molecule has 4 N–H and O–H groups in total. The van der Waals surface area contributed by atoms with Crippen molar-refractivity contribution < 1.29 is 0 Å². The topological polar surface area (TPSA) is 73.9 Å². The summed E-state index contributed by atoms with van der Waals surface area (Å²) in [7, 11) is 0. The number of anilines is 2. The summed E-state index contributed by atoms with van der Waals surface area (Å²) in [4.78, 5) is 9.27. The molecule has 4 heterocycles. The minimum atomic E-state index is 0.540. The fraction of sp³-hybridized carbons (Fsp3) is 0.500. The van der Waals surface area contributed by atoms with Crippen LogP contribution in [-0.4, -0.2) is 48.2 Å². The van der Waals surface area contributed by atoms with E-state index in [9.17, 15) is 0 Å². The van der Waals surface area contributed by atoms with E-state index < -0.39 is 0 Å². The third kappa shape index (κ3) is 4.14. The average molecular weight is 352 g/mol. The summed E-state index contributed by atoms with van der Waals surface area (Å²) in [5.74, 6) is 0. The smallest absolute Gasteiger partial charge is 0.114 e. The zero-order valence-corrected chi connectivity index (χ0v) is 15.2. The summed E-state index contributed by atoms with van der Waals surface area (Å²) in [5, 5.41) is 14.2. The van der Waals surface area contributed by atoms with Crippen molar-refractivity contribution in [2.75, 3.05) is 36.8 Å².